The number of ether oxygens (including phenoxy) is 1. The van der Waals surface area contributed by atoms with Gasteiger partial charge in [-0.1, -0.05) is 12.1 Å². The summed E-state index contributed by atoms with van der Waals surface area (Å²) in [5.74, 6) is -2.41. The van der Waals surface area contributed by atoms with Crippen molar-refractivity contribution in [2.24, 2.45) is 4.99 Å². The number of nitrogens with zero attached hydrogens (tertiary/aromatic N) is 1. The molecule has 0 aromatic heterocycles. The second-order valence-corrected chi connectivity index (χ2v) is 8.50. The van der Waals surface area contributed by atoms with Crippen LogP contribution in [0.4, 0.5) is 5.69 Å². The molecule has 0 fully saturated rings. The highest BCUT2D eigenvalue weighted by molar-refractivity contribution is 7.90. The number of amidine groups is 1. The van der Waals surface area contributed by atoms with Gasteiger partial charge in [0.2, 0.25) is 0 Å². The van der Waals surface area contributed by atoms with E-state index in [1.54, 1.807) is 6.92 Å². The van der Waals surface area contributed by atoms with Crippen LogP contribution in [0, 0.1) is 6.92 Å². The number of rotatable bonds is 6. The Bertz CT molecular complexity index is 1160. The average molecular weight is 447 g/mol. The van der Waals surface area contributed by atoms with Crippen molar-refractivity contribution >= 4 is 33.4 Å². The monoisotopic (exact) mass is 447 g/mol. The van der Waals surface area contributed by atoms with Crippen LogP contribution in [-0.4, -0.2) is 49.5 Å². The minimum Gasteiger partial charge on any atom is -0.504 e. The van der Waals surface area contributed by atoms with E-state index in [2.05, 4.69) is 15.0 Å². The van der Waals surface area contributed by atoms with Gasteiger partial charge in [0, 0.05) is 18.7 Å². The van der Waals surface area contributed by atoms with Crippen LogP contribution in [0.15, 0.2) is 46.3 Å². The van der Waals surface area contributed by atoms with Crippen LogP contribution in [0.5, 0.6) is 11.5 Å². The van der Waals surface area contributed by atoms with Crippen molar-refractivity contribution < 1.29 is 33.0 Å². The van der Waals surface area contributed by atoms with Gasteiger partial charge in [0.15, 0.2) is 18.1 Å². The number of carbonyl (C=O) groups excluding carboxylic acids is 2. The fourth-order valence-electron chi connectivity index (χ4n) is 2.83. The first-order valence-electron chi connectivity index (χ1n) is 9.32. The zero-order valence-corrected chi connectivity index (χ0v) is 17.4. The predicted octanol–water partition coefficient (Wildman–Crippen LogP) is 1.67. The van der Waals surface area contributed by atoms with E-state index in [-0.39, 0.29) is 16.1 Å². The molecule has 0 saturated heterocycles. The van der Waals surface area contributed by atoms with Gasteiger partial charge in [-0.2, -0.15) is 0 Å². The van der Waals surface area contributed by atoms with Crippen molar-refractivity contribution in [3.63, 3.8) is 0 Å². The summed E-state index contributed by atoms with van der Waals surface area (Å²) < 4.78 is 32.2. The molecule has 2 aromatic rings. The molecule has 31 heavy (non-hydrogen) atoms. The second-order valence-electron chi connectivity index (χ2n) is 6.82. The van der Waals surface area contributed by atoms with Crippen molar-refractivity contribution in [2.45, 2.75) is 24.7 Å². The number of esters is 1. The molecule has 0 radical (unpaired) electrons. The van der Waals surface area contributed by atoms with Gasteiger partial charge in [0.05, 0.1) is 4.90 Å². The molecular weight excluding hydrogens is 426 g/mol. The van der Waals surface area contributed by atoms with Crippen LogP contribution in [0.3, 0.4) is 0 Å². The zero-order valence-electron chi connectivity index (χ0n) is 16.6. The molecule has 1 aliphatic rings. The lowest BCUT2D eigenvalue weighted by Crippen LogP contribution is -2.29. The van der Waals surface area contributed by atoms with Crippen molar-refractivity contribution in [2.75, 3.05) is 18.5 Å². The summed E-state index contributed by atoms with van der Waals surface area (Å²) in [4.78, 5) is 28.2. The molecule has 10 nitrogen and oxygen atoms in total. The largest absolute Gasteiger partial charge is 0.504 e. The molecule has 0 aliphatic carbocycles. The summed E-state index contributed by atoms with van der Waals surface area (Å²) >= 11 is 0. The highest BCUT2D eigenvalue weighted by atomic mass is 32.2. The number of amides is 1. The van der Waals surface area contributed by atoms with E-state index < -0.39 is 40.0 Å². The molecule has 3 rings (SSSR count). The van der Waals surface area contributed by atoms with Gasteiger partial charge in [-0.3, -0.25) is 14.5 Å². The summed E-state index contributed by atoms with van der Waals surface area (Å²) in [6.07, 6.45) is 1.34. The predicted molar refractivity (Wildman–Crippen MR) is 112 cm³/mol. The van der Waals surface area contributed by atoms with E-state index in [0.29, 0.717) is 24.4 Å². The number of nitrogens with one attached hydrogen (secondary N) is 2. The van der Waals surface area contributed by atoms with E-state index in [4.69, 9.17) is 4.74 Å². The minimum absolute atomic E-state index is 0.0584. The molecule has 2 aromatic carbocycles. The third kappa shape index (κ3) is 5.31. The maximum Gasteiger partial charge on any atom is 0.342 e. The van der Waals surface area contributed by atoms with Gasteiger partial charge in [-0.25, -0.2) is 13.2 Å². The Morgan fingerprint density at radius 1 is 1.16 bits per heavy atom. The molecule has 0 spiro atoms. The number of aliphatic imine (C=N–C) groups is 1. The SMILES string of the molecule is Cc1ccc(C(=O)OCC(=O)Nc2cccc(S(=O)(=O)NC3=NCCC3)c2)c(O)c1O. The third-order valence-electron chi connectivity index (χ3n) is 4.46. The van der Waals surface area contributed by atoms with Crippen molar-refractivity contribution in [3.8, 4) is 11.5 Å². The summed E-state index contributed by atoms with van der Waals surface area (Å²) in [6, 6.07) is 8.26. The molecule has 0 saturated carbocycles. The van der Waals surface area contributed by atoms with Gasteiger partial charge in [-0.05, 0) is 43.2 Å². The van der Waals surface area contributed by atoms with Crippen LogP contribution in [0.1, 0.15) is 28.8 Å². The molecule has 164 valence electrons. The summed E-state index contributed by atoms with van der Waals surface area (Å²) in [5.41, 5.74) is 0.272. The highest BCUT2D eigenvalue weighted by Gasteiger charge is 2.20. The van der Waals surface area contributed by atoms with Crippen molar-refractivity contribution in [1.29, 1.82) is 0 Å². The van der Waals surface area contributed by atoms with E-state index >= 15 is 0 Å². The van der Waals surface area contributed by atoms with E-state index in [0.717, 1.165) is 6.42 Å². The molecule has 4 N–H and O–H groups in total. The Hall–Kier alpha value is -3.60. The number of aryl methyl sites for hydroxylation is 1. The number of hydrogen-bond acceptors (Lipinski definition) is 8. The van der Waals surface area contributed by atoms with Gasteiger partial charge < -0.3 is 20.3 Å². The Kier molecular flexibility index (Phi) is 6.44. The maximum absolute atomic E-state index is 12.5. The number of hydrogen-bond donors (Lipinski definition) is 4. The Balaban J connectivity index is 1.61. The summed E-state index contributed by atoms with van der Waals surface area (Å²) in [6.45, 7) is 1.44. The number of phenols is 2. The number of carbonyl (C=O) groups is 2. The Labute approximate surface area is 178 Å². The summed E-state index contributed by atoms with van der Waals surface area (Å²) in [7, 11) is -3.85. The number of anilines is 1. The lowest BCUT2D eigenvalue weighted by molar-refractivity contribution is -0.119. The van der Waals surface area contributed by atoms with Crippen LogP contribution in [-0.2, 0) is 19.6 Å². The van der Waals surface area contributed by atoms with E-state index in [1.807, 2.05) is 0 Å². The molecule has 1 aliphatic heterocycles. The van der Waals surface area contributed by atoms with Crippen LogP contribution in [0.25, 0.3) is 0 Å². The Morgan fingerprint density at radius 2 is 1.94 bits per heavy atom. The van der Waals surface area contributed by atoms with Gasteiger partial charge in [0.1, 0.15) is 11.4 Å². The number of phenolic OH excluding ortho intramolecular Hbond substituents is 2. The normalized spacial score (nSPS) is 13.4. The first kappa shape index (κ1) is 22.1. The minimum atomic E-state index is -3.85. The highest BCUT2D eigenvalue weighted by Crippen LogP contribution is 2.32. The zero-order chi connectivity index (χ0) is 22.6. The summed E-state index contributed by atoms with van der Waals surface area (Å²) in [5, 5.41) is 22.0. The molecule has 0 bridgehead atoms. The number of benzene rings is 2. The fraction of sp³-hybridized carbons (Fsp3) is 0.250. The first-order chi connectivity index (χ1) is 14.7. The topological polar surface area (TPSA) is 154 Å². The quantitative estimate of drug-likeness (QED) is 0.388. The maximum atomic E-state index is 12.5. The van der Waals surface area contributed by atoms with E-state index in [9.17, 15) is 28.2 Å². The standard InChI is InChI=1S/C20H21N3O7S/c1-12-7-8-15(19(26)18(12)25)20(27)30-11-17(24)22-13-4-2-5-14(10-13)31(28,29)23-16-6-3-9-21-16/h2,4-5,7-8,10,25-26H,3,6,9,11H2,1H3,(H,21,23)(H,22,24). The van der Waals surface area contributed by atoms with Crippen molar-refractivity contribution in [3.05, 3.63) is 47.5 Å². The smallest absolute Gasteiger partial charge is 0.342 e. The molecule has 0 unspecified atom stereocenters. The van der Waals surface area contributed by atoms with E-state index in [1.165, 1.54) is 36.4 Å². The number of aromatic hydroxyl groups is 2. The van der Waals surface area contributed by atoms with Gasteiger partial charge in [-0.15, -0.1) is 0 Å². The third-order valence-corrected chi connectivity index (χ3v) is 5.84. The molecule has 1 heterocycles. The lowest BCUT2D eigenvalue weighted by Gasteiger charge is -2.11. The fourth-order valence-corrected chi connectivity index (χ4v) is 3.96. The van der Waals surface area contributed by atoms with Crippen molar-refractivity contribution in [1.82, 2.24) is 4.72 Å². The van der Waals surface area contributed by atoms with Crippen LogP contribution in [0.2, 0.25) is 0 Å². The second kappa shape index (κ2) is 9.04. The molecule has 0 atom stereocenters. The van der Waals surface area contributed by atoms with Gasteiger partial charge >= 0.3 is 5.97 Å². The lowest BCUT2D eigenvalue weighted by atomic mass is 10.1. The molecule has 1 amide bonds. The van der Waals surface area contributed by atoms with Crippen LogP contribution >= 0.6 is 0 Å². The van der Waals surface area contributed by atoms with Crippen LogP contribution < -0.4 is 10.0 Å². The average Bonchev–Trinajstić information content (AvgIpc) is 3.23. The first-order valence-corrected chi connectivity index (χ1v) is 10.8. The molecule has 11 heteroatoms. The molecular formula is C20H21N3O7S. The van der Waals surface area contributed by atoms with Gasteiger partial charge in [0.25, 0.3) is 15.9 Å². The Morgan fingerprint density at radius 3 is 2.65 bits per heavy atom. The number of sulfonamides is 1.